The number of aromatic nitrogens is 1. The summed E-state index contributed by atoms with van der Waals surface area (Å²) in [6, 6.07) is 9.56. The van der Waals surface area contributed by atoms with Crippen LogP contribution in [0, 0.1) is 23.5 Å². The molecule has 7 rings (SSSR count). The molecule has 1 amide bonds. The van der Waals surface area contributed by atoms with Gasteiger partial charge in [-0.05, 0) is 99.1 Å². The summed E-state index contributed by atoms with van der Waals surface area (Å²) in [5, 5.41) is 0.0835. The Hall–Kier alpha value is -4.15. The van der Waals surface area contributed by atoms with Gasteiger partial charge in [-0.2, -0.15) is 0 Å². The number of hydrogen-bond donors (Lipinski definition) is 1. The molecule has 2 saturated carbocycles. The van der Waals surface area contributed by atoms with Gasteiger partial charge in [0.2, 0.25) is 19.2 Å². The van der Waals surface area contributed by atoms with Crippen LogP contribution in [-0.4, -0.2) is 69.5 Å². The number of esters is 1. The number of methoxy groups -OCH3 is 1. The molecule has 13 heteroatoms. The summed E-state index contributed by atoms with van der Waals surface area (Å²) in [4.78, 5) is 60.1. The zero-order valence-electron chi connectivity index (χ0n) is 31.2. The number of nitrogens with zero attached hydrogens (tertiary/aromatic N) is 2. The first kappa shape index (κ1) is 39.1. The second-order valence-corrected chi connectivity index (χ2v) is 18.3. The molecule has 3 aromatic rings. The molecule has 0 bridgehead atoms. The van der Waals surface area contributed by atoms with Crippen LogP contribution < -0.4 is 9.47 Å². The lowest BCUT2D eigenvalue weighted by atomic mass is 9.94. The highest BCUT2D eigenvalue weighted by Gasteiger charge is 2.65. The number of benzene rings is 2. The largest absolute Gasteiger partial charge is 0.497 e. The molecule has 2 aromatic carbocycles. The Morgan fingerprint density at radius 1 is 1.02 bits per heavy atom. The lowest BCUT2D eigenvalue weighted by molar-refractivity contribution is -0.154. The van der Waals surface area contributed by atoms with E-state index in [9.17, 15) is 32.6 Å². The maximum Gasteiger partial charge on any atom is 0.306 e. The van der Waals surface area contributed by atoms with E-state index in [2.05, 4.69) is 4.98 Å². The number of pyridine rings is 1. The second-order valence-electron chi connectivity index (χ2n) is 15.7. The van der Waals surface area contributed by atoms with Crippen molar-refractivity contribution in [3.05, 3.63) is 78.0 Å². The maximum absolute atomic E-state index is 14.8. The molecule has 3 heterocycles. The first-order valence-electron chi connectivity index (χ1n) is 19.5. The Morgan fingerprint density at radius 3 is 2.55 bits per heavy atom. The van der Waals surface area contributed by atoms with E-state index in [-0.39, 0.29) is 44.2 Å². The lowest BCUT2D eigenvalue weighted by Gasteiger charge is -2.30. The molecule has 294 valence electrons. The third kappa shape index (κ3) is 8.50. The Bertz CT molecular complexity index is 1980. The van der Waals surface area contributed by atoms with E-state index in [1.807, 2.05) is 30.4 Å². The molecule has 4 aliphatic rings. The SMILES string of the molecule is COc1ccc2c(O[C@@H]3C[C@H]4C(=O)C[C@]5(P(=O)(O)Cc6c(F)cccc6F)C[C@H]5/C=C\CCCCC[C@H](CC(=O)OC5CCCC5)C(=O)N4C3)nccc2c1. The monoisotopic (exact) mass is 778 g/mol. The van der Waals surface area contributed by atoms with Crippen LogP contribution in [0.5, 0.6) is 11.6 Å². The van der Waals surface area contributed by atoms with Gasteiger partial charge in [0.05, 0.1) is 37.4 Å². The molecule has 1 N–H and O–H groups in total. The first-order chi connectivity index (χ1) is 26.5. The van der Waals surface area contributed by atoms with Crippen molar-refractivity contribution in [2.45, 2.75) is 113 Å². The summed E-state index contributed by atoms with van der Waals surface area (Å²) in [5.74, 6) is -3.29. The first-order valence-corrected chi connectivity index (χ1v) is 21.4. The number of carbonyl (C=O) groups excluding carboxylic acids is 3. The van der Waals surface area contributed by atoms with Gasteiger partial charge < -0.3 is 24.0 Å². The molecule has 2 aliphatic heterocycles. The fourth-order valence-corrected chi connectivity index (χ4v) is 11.3. The normalized spacial score (nSPS) is 28.0. The van der Waals surface area contributed by atoms with E-state index in [4.69, 9.17) is 14.2 Å². The summed E-state index contributed by atoms with van der Waals surface area (Å²) >= 11 is 0. The van der Waals surface area contributed by atoms with Crippen molar-refractivity contribution in [3.8, 4) is 11.6 Å². The zero-order valence-corrected chi connectivity index (χ0v) is 32.1. The molecule has 1 saturated heterocycles. The van der Waals surface area contributed by atoms with E-state index in [1.165, 1.54) is 11.0 Å². The standard InChI is InChI=1S/C42H49F2N2O8P/c1-52-31-16-17-33-27(20-31)18-19-45-40(33)54-32-22-37-38(47)24-42(55(50,51)26-34-35(43)14-9-15-36(34)44)23-29(42)11-6-4-2-3-5-10-28(41(49)46(37)25-32)21-39(48)53-30-12-7-8-13-30/h6,9,11,14-20,28-30,32,37H,2-5,7-8,10,12-13,21-26H2,1H3,(H,50,51)/b11-6-/t28-,29-,32-,37+,42-/m1/s1. The number of Topliss-reactive ketones (excluding diaryl/α,β-unsaturated/α-hetero) is 1. The van der Waals surface area contributed by atoms with Crippen molar-refractivity contribution in [1.29, 1.82) is 0 Å². The van der Waals surface area contributed by atoms with Crippen LogP contribution in [0.4, 0.5) is 8.78 Å². The number of ether oxygens (including phenoxy) is 3. The van der Waals surface area contributed by atoms with Gasteiger partial charge in [-0.25, -0.2) is 13.8 Å². The number of rotatable bonds is 9. The van der Waals surface area contributed by atoms with E-state index >= 15 is 0 Å². The van der Waals surface area contributed by atoms with Crippen LogP contribution in [-0.2, 0) is 29.8 Å². The quantitative estimate of drug-likeness (QED) is 0.130. The van der Waals surface area contributed by atoms with Gasteiger partial charge in [0.15, 0.2) is 5.78 Å². The molecule has 2 aliphatic carbocycles. The third-order valence-electron chi connectivity index (χ3n) is 12.0. The molecule has 1 unspecified atom stereocenters. The van der Waals surface area contributed by atoms with E-state index < -0.39 is 71.6 Å². The van der Waals surface area contributed by atoms with Gasteiger partial charge in [-0.1, -0.05) is 31.1 Å². The number of amides is 1. The highest BCUT2D eigenvalue weighted by Crippen LogP contribution is 2.74. The smallest absolute Gasteiger partial charge is 0.306 e. The van der Waals surface area contributed by atoms with E-state index in [0.29, 0.717) is 36.3 Å². The Balaban J connectivity index is 1.20. The molecular formula is C42H49F2N2O8P. The van der Waals surface area contributed by atoms with Gasteiger partial charge in [-0.3, -0.25) is 18.9 Å². The average Bonchev–Trinajstić information content (AvgIpc) is 3.43. The van der Waals surface area contributed by atoms with E-state index in [0.717, 1.165) is 56.0 Å². The van der Waals surface area contributed by atoms with Gasteiger partial charge in [0.1, 0.15) is 29.6 Å². The minimum absolute atomic E-state index is 0.0329. The number of carbonyl (C=O) groups is 3. The Morgan fingerprint density at radius 2 is 1.78 bits per heavy atom. The molecule has 6 atom stereocenters. The van der Waals surface area contributed by atoms with Gasteiger partial charge in [0.25, 0.3) is 0 Å². The number of halogens is 2. The van der Waals surface area contributed by atoms with Crippen LogP contribution in [0.1, 0.15) is 89.0 Å². The van der Waals surface area contributed by atoms with Crippen LogP contribution >= 0.6 is 7.37 Å². The van der Waals surface area contributed by atoms with Crippen molar-refractivity contribution in [2.75, 3.05) is 13.7 Å². The summed E-state index contributed by atoms with van der Waals surface area (Å²) in [6.07, 6.45) is 10.6. The predicted molar refractivity (Wildman–Crippen MR) is 202 cm³/mol. The highest BCUT2D eigenvalue weighted by atomic mass is 31.2. The van der Waals surface area contributed by atoms with Crippen molar-refractivity contribution in [3.63, 3.8) is 0 Å². The average molecular weight is 779 g/mol. The zero-order chi connectivity index (χ0) is 38.7. The van der Waals surface area contributed by atoms with Crippen LogP contribution in [0.25, 0.3) is 10.8 Å². The van der Waals surface area contributed by atoms with Crippen LogP contribution in [0.3, 0.4) is 0 Å². The second kappa shape index (κ2) is 16.5. The third-order valence-corrected chi connectivity index (χ3v) is 14.8. The van der Waals surface area contributed by atoms with Crippen molar-refractivity contribution in [2.24, 2.45) is 11.8 Å². The number of ketones is 1. The van der Waals surface area contributed by atoms with E-state index in [1.54, 1.807) is 19.4 Å². The molecule has 0 spiro atoms. The Kier molecular flexibility index (Phi) is 11.7. The number of allylic oxidation sites excluding steroid dienone is 2. The van der Waals surface area contributed by atoms with Crippen molar-refractivity contribution < 1.29 is 46.8 Å². The number of hydrogen-bond acceptors (Lipinski definition) is 8. The summed E-state index contributed by atoms with van der Waals surface area (Å²) in [7, 11) is -2.85. The molecule has 3 fully saturated rings. The topological polar surface area (TPSA) is 132 Å². The van der Waals surface area contributed by atoms with Gasteiger partial charge in [-0.15, -0.1) is 0 Å². The van der Waals surface area contributed by atoms with Crippen LogP contribution in [0.15, 0.2) is 60.8 Å². The minimum atomic E-state index is -4.42. The molecular weight excluding hydrogens is 729 g/mol. The van der Waals surface area contributed by atoms with Crippen molar-refractivity contribution in [1.82, 2.24) is 9.88 Å². The minimum Gasteiger partial charge on any atom is -0.497 e. The van der Waals surface area contributed by atoms with Crippen LogP contribution in [0.2, 0.25) is 0 Å². The lowest BCUT2D eigenvalue weighted by Crippen LogP contribution is -2.45. The predicted octanol–water partition coefficient (Wildman–Crippen LogP) is 8.07. The maximum atomic E-state index is 14.8. The fourth-order valence-electron chi connectivity index (χ4n) is 8.79. The summed E-state index contributed by atoms with van der Waals surface area (Å²) in [5.41, 5.74) is -0.487. The summed E-state index contributed by atoms with van der Waals surface area (Å²) < 4.78 is 61.6. The number of fused-ring (bicyclic) bond motifs is 3. The van der Waals surface area contributed by atoms with Gasteiger partial charge >= 0.3 is 5.97 Å². The molecule has 1 aromatic heterocycles. The molecule has 0 radical (unpaired) electrons. The highest BCUT2D eigenvalue weighted by molar-refractivity contribution is 7.59. The van der Waals surface area contributed by atoms with Crippen molar-refractivity contribution >= 4 is 35.8 Å². The summed E-state index contributed by atoms with van der Waals surface area (Å²) in [6.45, 7) is 0.0329. The molecule has 55 heavy (non-hydrogen) atoms. The van der Waals surface area contributed by atoms with Gasteiger partial charge in [0, 0.05) is 35.9 Å². The Labute approximate surface area is 320 Å². The fraction of sp³-hybridized carbons (Fsp3) is 0.524. The molecule has 10 nitrogen and oxygen atoms in total.